The molecule has 2 rings (SSSR count). The summed E-state index contributed by atoms with van der Waals surface area (Å²) in [6, 6.07) is 7.17. The summed E-state index contributed by atoms with van der Waals surface area (Å²) in [5, 5.41) is 9.77. The van der Waals surface area contributed by atoms with E-state index >= 15 is 0 Å². The van der Waals surface area contributed by atoms with Crippen LogP contribution in [0.3, 0.4) is 0 Å². The van der Waals surface area contributed by atoms with Gasteiger partial charge in [0.25, 0.3) is 0 Å². The molecule has 0 saturated heterocycles. The Morgan fingerprint density at radius 2 is 2.24 bits per heavy atom. The summed E-state index contributed by atoms with van der Waals surface area (Å²) < 4.78 is 5.00. The second-order valence-electron chi connectivity index (χ2n) is 3.76. The predicted molar refractivity (Wildman–Crippen MR) is 64.3 cm³/mol. The third kappa shape index (κ3) is 2.42. The van der Waals surface area contributed by atoms with Crippen molar-refractivity contribution >= 4 is 16.9 Å². The van der Waals surface area contributed by atoms with Crippen molar-refractivity contribution in [2.45, 2.75) is 6.42 Å². The minimum absolute atomic E-state index is 0.286. The molecule has 0 unspecified atom stereocenters. The summed E-state index contributed by atoms with van der Waals surface area (Å²) in [7, 11) is 1.64. The lowest BCUT2D eigenvalue weighted by Gasteiger charge is -2.05. The molecule has 17 heavy (non-hydrogen) atoms. The quantitative estimate of drug-likeness (QED) is 0.875. The number of carbonyl (C=O) groups is 1. The summed E-state index contributed by atoms with van der Waals surface area (Å²) >= 11 is 0. The van der Waals surface area contributed by atoms with Crippen molar-refractivity contribution in [3.05, 3.63) is 41.6 Å². The fraction of sp³-hybridized carbons (Fsp3) is 0.231. The van der Waals surface area contributed by atoms with E-state index in [-0.39, 0.29) is 5.56 Å². The second kappa shape index (κ2) is 4.93. The number of carboxylic acids is 1. The molecule has 0 aliphatic rings. The molecule has 0 aliphatic carbocycles. The van der Waals surface area contributed by atoms with Gasteiger partial charge in [-0.3, -0.25) is 4.98 Å². The van der Waals surface area contributed by atoms with Crippen molar-refractivity contribution in [3.63, 3.8) is 0 Å². The van der Waals surface area contributed by atoms with E-state index in [0.29, 0.717) is 17.5 Å². The van der Waals surface area contributed by atoms with E-state index < -0.39 is 5.97 Å². The van der Waals surface area contributed by atoms with Gasteiger partial charge < -0.3 is 9.84 Å². The highest BCUT2D eigenvalue weighted by molar-refractivity contribution is 6.02. The number of hydrogen-bond donors (Lipinski definition) is 1. The topological polar surface area (TPSA) is 59.4 Å². The molecule has 0 amide bonds. The highest BCUT2D eigenvalue weighted by Crippen LogP contribution is 2.18. The molecule has 1 heterocycles. The number of aromatic carboxylic acids is 1. The zero-order valence-corrected chi connectivity index (χ0v) is 9.51. The lowest BCUT2D eigenvalue weighted by Crippen LogP contribution is -2.00. The average molecular weight is 231 g/mol. The van der Waals surface area contributed by atoms with Crippen LogP contribution < -0.4 is 0 Å². The van der Waals surface area contributed by atoms with Gasteiger partial charge in [0.15, 0.2) is 0 Å². The Kier molecular flexibility index (Phi) is 3.35. The molecule has 0 atom stereocenters. The molecular weight excluding hydrogens is 218 g/mol. The van der Waals surface area contributed by atoms with Gasteiger partial charge in [0.2, 0.25) is 0 Å². The molecule has 88 valence electrons. The lowest BCUT2D eigenvalue weighted by atomic mass is 10.0. The van der Waals surface area contributed by atoms with Crippen molar-refractivity contribution in [2.75, 3.05) is 13.7 Å². The molecule has 1 aromatic heterocycles. The highest BCUT2D eigenvalue weighted by atomic mass is 16.5. The number of methoxy groups -OCH3 is 1. The zero-order valence-electron chi connectivity index (χ0n) is 9.51. The van der Waals surface area contributed by atoms with Crippen molar-refractivity contribution in [1.82, 2.24) is 4.98 Å². The second-order valence-corrected chi connectivity index (χ2v) is 3.76. The van der Waals surface area contributed by atoms with Gasteiger partial charge in [-0.2, -0.15) is 0 Å². The maximum atomic E-state index is 11.1. The van der Waals surface area contributed by atoms with Gasteiger partial charge >= 0.3 is 5.97 Å². The number of hydrogen-bond acceptors (Lipinski definition) is 3. The monoisotopic (exact) mass is 231 g/mol. The summed E-state index contributed by atoms with van der Waals surface area (Å²) in [6.45, 7) is 0.619. The highest BCUT2D eigenvalue weighted by Gasteiger charge is 2.09. The Labute approximate surface area is 98.9 Å². The maximum absolute atomic E-state index is 11.1. The Morgan fingerprint density at radius 3 is 2.94 bits per heavy atom. The standard InChI is InChI=1S/C13H13NO3/c1-17-7-5-9-2-3-12-11(8-9)10(13(15)16)4-6-14-12/h2-4,6,8H,5,7H2,1H3,(H,15,16). The Morgan fingerprint density at radius 1 is 1.41 bits per heavy atom. The zero-order chi connectivity index (χ0) is 12.3. The molecule has 0 fully saturated rings. The van der Waals surface area contributed by atoms with E-state index in [2.05, 4.69) is 4.98 Å². The van der Waals surface area contributed by atoms with Crippen LogP contribution in [0.2, 0.25) is 0 Å². The van der Waals surface area contributed by atoms with Gasteiger partial charge in [0, 0.05) is 18.7 Å². The SMILES string of the molecule is COCCc1ccc2nccc(C(=O)O)c2c1. The van der Waals surface area contributed by atoms with Crippen molar-refractivity contribution < 1.29 is 14.6 Å². The number of benzene rings is 1. The van der Waals surface area contributed by atoms with E-state index in [4.69, 9.17) is 9.84 Å². The van der Waals surface area contributed by atoms with Crippen LogP contribution in [0.25, 0.3) is 10.9 Å². The van der Waals surface area contributed by atoms with E-state index in [9.17, 15) is 4.79 Å². The first kappa shape index (κ1) is 11.5. The molecule has 0 aliphatic heterocycles. The molecule has 0 spiro atoms. The molecule has 1 aromatic carbocycles. The summed E-state index contributed by atoms with van der Waals surface area (Å²) in [5.74, 6) is -0.929. The van der Waals surface area contributed by atoms with Crippen LogP contribution in [-0.4, -0.2) is 29.8 Å². The lowest BCUT2D eigenvalue weighted by molar-refractivity contribution is 0.0699. The van der Waals surface area contributed by atoms with Gasteiger partial charge in [-0.15, -0.1) is 0 Å². The van der Waals surface area contributed by atoms with Gasteiger partial charge in [0.1, 0.15) is 0 Å². The summed E-state index contributed by atoms with van der Waals surface area (Å²) in [6.07, 6.45) is 2.28. The minimum Gasteiger partial charge on any atom is -0.478 e. The number of nitrogens with zero attached hydrogens (tertiary/aromatic N) is 1. The first-order chi connectivity index (χ1) is 8.22. The Bertz CT molecular complexity index is 551. The first-order valence-corrected chi connectivity index (χ1v) is 5.32. The third-order valence-corrected chi connectivity index (χ3v) is 2.63. The smallest absolute Gasteiger partial charge is 0.336 e. The normalized spacial score (nSPS) is 10.6. The van der Waals surface area contributed by atoms with Crippen LogP contribution >= 0.6 is 0 Å². The number of fused-ring (bicyclic) bond motifs is 1. The van der Waals surface area contributed by atoms with Gasteiger partial charge in [-0.25, -0.2) is 4.79 Å². The number of aromatic nitrogens is 1. The third-order valence-electron chi connectivity index (χ3n) is 2.63. The fourth-order valence-corrected chi connectivity index (χ4v) is 1.76. The van der Waals surface area contributed by atoms with Crippen LogP contribution in [0.15, 0.2) is 30.5 Å². The molecule has 0 radical (unpaired) electrons. The molecule has 2 aromatic rings. The van der Waals surface area contributed by atoms with Crippen LogP contribution in [0.1, 0.15) is 15.9 Å². The summed E-state index contributed by atoms with van der Waals surface area (Å²) in [5.41, 5.74) is 2.04. The number of rotatable bonds is 4. The molecular formula is C13H13NO3. The summed E-state index contributed by atoms with van der Waals surface area (Å²) in [4.78, 5) is 15.2. The van der Waals surface area contributed by atoms with E-state index in [0.717, 1.165) is 12.0 Å². The Hall–Kier alpha value is -1.94. The van der Waals surface area contributed by atoms with E-state index in [1.807, 2.05) is 18.2 Å². The molecule has 4 heteroatoms. The number of ether oxygens (including phenoxy) is 1. The van der Waals surface area contributed by atoms with Crippen molar-refractivity contribution in [1.29, 1.82) is 0 Å². The minimum atomic E-state index is -0.929. The van der Waals surface area contributed by atoms with Gasteiger partial charge in [0.05, 0.1) is 17.7 Å². The Balaban J connectivity index is 2.50. The fourth-order valence-electron chi connectivity index (χ4n) is 1.76. The van der Waals surface area contributed by atoms with Crippen molar-refractivity contribution in [3.8, 4) is 0 Å². The van der Waals surface area contributed by atoms with Gasteiger partial charge in [-0.05, 0) is 30.2 Å². The van der Waals surface area contributed by atoms with Crippen LogP contribution in [-0.2, 0) is 11.2 Å². The first-order valence-electron chi connectivity index (χ1n) is 5.32. The maximum Gasteiger partial charge on any atom is 0.336 e. The number of pyridine rings is 1. The average Bonchev–Trinajstić information content (AvgIpc) is 2.35. The van der Waals surface area contributed by atoms with Gasteiger partial charge in [-0.1, -0.05) is 6.07 Å². The molecule has 1 N–H and O–H groups in total. The number of carboxylic acid groups (broad SMARTS) is 1. The molecule has 4 nitrogen and oxygen atoms in total. The van der Waals surface area contributed by atoms with Crippen LogP contribution in [0.5, 0.6) is 0 Å². The van der Waals surface area contributed by atoms with E-state index in [1.54, 1.807) is 7.11 Å². The van der Waals surface area contributed by atoms with Crippen LogP contribution in [0.4, 0.5) is 0 Å². The van der Waals surface area contributed by atoms with E-state index in [1.165, 1.54) is 12.3 Å². The van der Waals surface area contributed by atoms with Crippen LogP contribution in [0, 0.1) is 0 Å². The molecule has 0 bridgehead atoms. The predicted octanol–water partition coefficient (Wildman–Crippen LogP) is 2.12. The molecule has 0 saturated carbocycles. The van der Waals surface area contributed by atoms with Crippen molar-refractivity contribution in [2.24, 2.45) is 0 Å². The largest absolute Gasteiger partial charge is 0.478 e.